The third-order valence-corrected chi connectivity index (χ3v) is 5.40. The quantitative estimate of drug-likeness (QED) is 0.505. The average Bonchev–Trinajstić information content (AvgIpc) is 3.40. The third-order valence-electron chi connectivity index (χ3n) is 4.51. The van der Waals surface area contributed by atoms with Crippen LogP contribution in [-0.4, -0.2) is 15.0 Å². The van der Waals surface area contributed by atoms with Crippen molar-refractivity contribution in [3.63, 3.8) is 0 Å². The minimum atomic E-state index is -4.55. The summed E-state index contributed by atoms with van der Waals surface area (Å²) < 4.78 is 46.2. The van der Waals surface area contributed by atoms with Gasteiger partial charge in [0.1, 0.15) is 17.0 Å². The first-order valence-electron chi connectivity index (χ1n) is 8.94. The number of furan rings is 1. The summed E-state index contributed by atoms with van der Waals surface area (Å²) in [4.78, 5) is 38.2. The van der Waals surface area contributed by atoms with Crippen molar-refractivity contribution in [1.82, 2.24) is 9.13 Å². The predicted molar refractivity (Wildman–Crippen MR) is 108 cm³/mol. The van der Waals surface area contributed by atoms with E-state index in [0.717, 1.165) is 32.6 Å². The molecule has 4 rings (SSSR count). The van der Waals surface area contributed by atoms with Crippen molar-refractivity contribution in [3.05, 3.63) is 86.3 Å². The highest BCUT2D eigenvalue weighted by Crippen LogP contribution is 2.30. The van der Waals surface area contributed by atoms with E-state index in [-0.39, 0.29) is 22.4 Å². The number of nitrogens with one attached hydrogen (secondary N) is 1. The summed E-state index contributed by atoms with van der Waals surface area (Å²) >= 11 is 1.12. The van der Waals surface area contributed by atoms with E-state index >= 15 is 0 Å². The van der Waals surface area contributed by atoms with E-state index in [1.54, 1.807) is 17.5 Å². The molecule has 0 saturated carbocycles. The molecule has 31 heavy (non-hydrogen) atoms. The highest BCUT2D eigenvalue weighted by Gasteiger charge is 2.30. The van der Waals surface area contributed by atoms with Crippen LogP contribution in [0.1, 0.15) is 11.3 Å². The second-order valence-electron chi connectivity index (χ2n) is 6.60. The molecule has 0 spiro atoms. The van der Waals surface area contributed by atoms with Gasteiger partial charge in [-0.05, 0) is 41.8 Å². The summed E-state index contributed by atoms with van der Waals surface area (Å²) in [7, 11) is 0. The number of aromatic nitrogens is 2. The van der Waals surface area contributed by atoms with E-state index in [9.17, 15) is 27.6 Å². The molecule has 0 aliphatic rings. The minimum absolute atomic E-state index is 0.0571. The maximum Gasteiger partial charge on any atom is 0.416 e. The molecule has 160 valence electrons. The standard InChI is InChI=1S/C20H14F3N3O4S/c21-20(22,23)12-3-1-4-13(9-12)24-16(27)11-25-15-6-8-31-17(15)18(28)26(19(25)29)10-14-5-2-7-30-14/h1-9H,10-11H2,(H,24,27). The summed E-state index contributed by atoms with van der Waals surface area (Å²) in [6, 6.07) is 8.94. The first-order valence-corrected chi connectivity index (χ1v) is 9.82. The second kappa shape index (κ2) is 7.91. The molecule has 3 heterocycles. The van der Waals surface area contributed by atoms with Crippen molar-refractivity contribution >= 4 is 33.1 Å². The fourth-order valence-corrected chi connectivity index (χ4v) is 3.94. The average molecular weight is 449 g/mol. The van der Waals surface area contributed by atoms with Gasteiger partial charge in [-0.3, -0.25) is 18.7 Å². The van der Waals surface area contributed by atoms with E-state index in [0.29, 0.717) is 5.76 Å². The Morgan fingerprint density at radius 3 is 2.61 bits per heavy atom. The first-order chi connectivity index (χ1) is 14.7. The smallest absolute Gasteiger partial charge is 0.416 e. The maximum atomic E-state index is 13.0. The molecular formula is C20H14F3N3O4S. The van der Waals surface area contributed by atoms with Crippen molar-refractivity contribution in [2.24, 2.45) is 0 Å². The summed E-state index contributed by atoms with van der Waals surface area (Å²) in [5.41, 5.74) is -1.93. The van der Waals surface area contributed by atoms with Crippen LogP contribution in [0.2, 0.25) is 0 Å². The number of carbonyl (C=O) groups is 1. The Bertz CT molecular complexity index is 1370. The van der Waals surface area contributed by atoms with E-state index in [2.05, 4.69) is 5.32 Å². The molecule has 1 amide bonds. The lowest BCUT2D eigenvalue weighted by atomic mass is 10.2. The molecule has 4 aromatic rings. The lowest BCUT2D eigenvalue weighted by molar-refractivity contribution is -0.137. The number of nitrogens with zero attached hydrogens (tertiary/aromatic N) is 2. The molecule has 0 aliphatic carbocycles. The highest BCUT2D eigenvalue weighted by molar-refractivity contribution is 7.17. The van der Waals surface area contributed by atoms with Gasteiger partial charge in [-0.1, -0.05) is 6.07 Å². The number of hydrogen-bond acceptors (Lipinski definition) is 5. The Kier molecular flexibility index (Phi) is 5.27. The normalized spacial score (nSPS) is 11.7. The zero-order chi connectivity index (χ0) is 22.2. The predicted octanol–water partition coefficient (Wildman–Crippen LogP) is 3.52. The Balaban J connectivity index is 1.67. The molecule has 0 unspecified atom stereocenters. The number of halogens is 3. The fourth-order valence-electron chi connectivity index (χ4n) is 3.10. The van der Waals surface area contributed by atoms with Gasteiger partial charge in [0.25, 0.3) is 5.56 Å². The monoisotopic (exact) mass is 449 g/mol. The topological polar surface area (TPSA) is 86.2 Å². The van der Waals surface area contributed by atoms with Gasteiger partial charge in [-0.15, -0.1) is 11.3 Å². The van der Waals surface area contributed by atoms with Gasteiger partial charge in [0.2, 0.25) is 5.91 Å². The van der Waals surface area contributed by atoms with Crippen molar-refractivity contribution in [2.75, 3.05) is 5.32 Å². The van der Waals surface area contributed by atoms with Crippen molar-refractivity contribution in [3.8, 4) is 0 Å². The van der Waals surface area contributed by atoms with Crippen LogP contribution in [0.15, 0.2) is 68.1 Å². The van der Waals surface area contributed by atoms with E-state index < -0.39 is 35.4 Å². The molecule has 0 fully saturated rings. The summed E-state index contributed by atoms with van der Waals surface area (Å²) in [6.07, 6.45) is -3.15. The minimum Gasteiger partial charge on any atom is -0.467 e. The van der Waals surface area contributed by atoms with Crippen LogP contribution in [0, 0.1) is 0 Å². The second-order valence-corrected chi connectivity index (χ2v) is 7.52. The molecule has 7 nitrogen and oxygen atoms in total. The largest absolute Gasteiger partial charge is 0.467 e. The van der Waals surface area contributed by atoms with Crippen LogP contribution in [-0.2, 0) is 24.1 Å². The van der Waals surface area contributed by atoms with E-state index in [1.165, 1.54) is 24.5 Å². The van der Waals surface area contributed by atoms with Gasteiger partial charge in [0.15, 0.2) is 0 Å². The number of hydrogen-bond donors (Lipinski definition) is 1. The molecule has 0 saturated heterocycles. The summed E-state index contributed by atoms with van der Waals surface area (Å²) in [5.74, 6) is -0.327. The van der Waals surface area contributed by atoms with Crippen LogP contribution in [0.25, 0.3) is 10.2 Å². The number of amides is 1. The number of benzene rings is 1. The number of alkyl halides is 3. The van der Waals surface area contributed by atoms with Gasteiger partial charge in [-0.2, -0.15) is 13.2 Å². The molecule has 0 bridgehead atoms. The molecular weight excluding hydrogens is 435 g/mol. The lowest BCUT2D eigenvalue weighted by Gasteiger charge is -2.13. The Morgan fingerprint density at radius 2 is 1.90 bits per heavy atom. The van der Waals surface area contributed by atoms with Crippen LogP contribution in [0.3, 0.4) is 0 Å². The molecule has 1 N–H and O–H groups in total. The first kappa shape index (κ1) is 20.7. The van der Waals surface area contributed by atoms with Crippen molar-refractivity contribution < 1.29 is 22.4 Å². The fraction of sp³-hybridized carbons (Fsp3) is 0.150. The molecule has 3 aromatic heterocycles. The SMILES string of the molecule is O=C(Cn1c(=O)n(Cc2ccco2)c(=O)c2sccc21)Nc1cccc(C(F)(F)F)c1. The molecule has 0 radical (unpaired) electrons. The van der Waals surface area contributed by atoms with Gasteiger partial charge < -0.3 is 9.73 Å². The van der Waals surface area contributed by atoms with Crippen molar-refractivity contribution in [2.45, 2.75) is 19.3 Å². The number of fused-ring (bicyclic) bond motifs is 1. The van der Waals surface area contributed by atoms with Gasteiger partial charge in [0.05, 0.1) is 23.9 Å². The summed E-state index contributed by atoms with van der Waals surface area (Å²) in [6.45, 7) is -0.603. The third kappa shape index (κ3) is 4.17. The Hall–Kier alpha value is -3.60. The number of thiophene rings is 1. The van der Waals surface area contributed by atoms with Gasteiger partial charge in [0, 0.05) is 5.69 Å². The van der Waals surface area contributed by atoms with Crippen LogP contribution in [0.5, 0.6) is 0 Å². The van der Waals surface area contributed by atoms with Crippen LogP contribution < -0.4 is 16.6 Å². The number of rotatable bonds is 5. The maximum absolute atomic E-state index is 13.0. The zero-order valence-electron chi connectivity index (χ0n) is 15.7. The summed E-state index contributed by atoms with van der Waals surface area (Å²) in [5, 5.41) is 3.98. The van der Waals surface area contributed by atoms with E-state index in [4.69, 9.17) is 4.42 Å². The Morgan fingerprint density at radius 1 is 1.10 bits per heavy atom. The molecule has 0 atom stereocenters. The molecule has 1 aromatic carbocycles. The van der Waals surface area contributed by atoms with Crippen molar-refractivity contribution in [1.29, 1.82) is 0 Å². The molecule has 0 aliphatic heterocycles. The van der Waals surface area contributed by atoms with Gasteiger partial charge in [-0.25, -0.2) is 4.79 Å². The van der Waals surface area contributed by atoms with Crippen LogP contribution in [0.4, 0.5) is 18.9 Å². The van der Waals surface area contributed by atoms with E-state index in [1.807, 2.05) is 0 Å². The number of anilines is 1. The lowest BCUT2D eigenvalue weighted by Crippen LogP contribution is -2.41. The Labute approximate surface area is 176 Å². The highest BCUT2D eigenvalue weighted by atomic mass is 32.1. The van der Waals surface area contributed by atoms with Crippen LogP contribution >= 0.6 is 11.3 Å². The van der Waals surface area contributed by atoms with Gasteiger partial charge >= 0.3 is 11.9 Å². The number of carbonyl (C=O) groups excluding carboxylic acids is 1. The molecule has 11 heteroatoms. The zero-order valence-corrected chi connectivity index (χ0v) is 16.5.